The molecule has 1 atom stereocenters. The molecule has 0 aliphatic heterocycles. The fourth-order valence-corrected chi connectivity index (χ4v) is 1.00. The number of rotatable bonds is 4. The quantitative estimate of drug-likeness (QED) is 0.704. The normalized spacial score (nSPS) is 12.2. The zero-order chi connectivity index (χ0) is 10.6. The molecule has 0 aromatic carbocycles. The van der Waals surface area contributed by atoms with Gasteiger partial charge in [0.25, 0.3) is 0 Å². The van der Waals surface area contributed by atoms with Crippen molar-refractivity contribution in [2.75, 3.05) is 7.11 Å². The number of carbonyl (C=O) groups excluding carboxylic acids is 1. The average Bonchev–Trinajstić information content (AvgIpc) is 2.26. The van der Waals surface area contributed by atoms with Gasteiger partial charge >= 0.3 is 0 Å². The zero-order valence-electron chi connectivity index (χ0n) is 8.23. The number of carbonyl (C=O) groups is 1. The van der Waals surface area contributed by atoms with E-state index >= 15 is 0 Å². The summed E-state index contributed by atoms with van der Waals surface area (Å²) in [4.78, 5) is 19.4. The van der Waals surface area contributed by atoms with Gasteiger partial charge in [0.1, 0.15) is 0 Å². The monoisotopic (exact) mass is 195 g/mol. The summed E-state index contributed by atoms with van der Waals surface area (Å²) in [6, 6.07) is -0.541. The van der Waals surface area contributed by atoms with E-state index in [1.165, 1.54) is 19.5 Å². The molecule has 1 heterocycles. The molecule has 14 heavy (non-hydrogen) atoms. The SMILES string of the molecule is CCC(N)C(=O)c1nccnc1OC. The summed E-state index contributed by atoms with van der Waals surface area (Å²) in [7, 11) is 1.44. The van der Waals surface area contributed by atoms with Crippen molar-refractivity contribution in [2.45, 2.75) is 19.4 Å². The molecule has 0 radical (unpaired) electrons. The molecule has 76 valence electrons. The van der Waals surface area contributed by atoms with Crippen LogP contribution in [0.25, 0.3) is 0 Å². The number of nitrogens with zero attached hydrogens (tertiary/aromatic N) is 2. The molecular formula is C9H13N3O2. The van der Waals surface area contributed by atoms with E-state index in [1.54, 1.807) is 0 Å². The highest BCUT2D eigenvalue weighted by molar-refractivity contribution is 5.99. The Morgan fingerprint density at radius 1 is 1.57 bits per heavy atom. The summed E-state index contributed by atoms with van der Waals surface area (Å²) in [6.45, 7) is 1.84. The van der Waals surface area contributed by atoms with Crippen LogP contribution in [0.1, 0.15) is 23.8 Å². The number of ketones is 1. The number of ether oxygens (including phenoxy) is 1. The lowest BCUT2D eigenvalue weighted by atomic mass is 10.1. The summed E-state index contributed by atoms with van der Waals surface area (Å²) in [5.41, 5.74) is 5.80. The van der Waals surface area contributed by atoms with Crippen LogP contribution in [0.3, 0.4) is 0 Å². The molecule has 0 bridgehead atoms. The zero-order valence-corrected chi connectivity index (χ0v) is 8.23. The minimum absolute atomic E-state index is 0.198. The third kappa shape index (κ3) is 2.05. The topological polar surface area (TPSA) is 78.1 Å². The molecule has 0 saturated carbocycles. The molecule has 1 rings (SSSR count). The van der Waals surface area contributed by atoms with Gasteiger partial charge in [-0.15, -0.1) is 0 Å². The molecule has 0 saturated heterocycles. The molecule has 0 amide bonds. The molecule has 0 aliphatic carbocycles. The molecule has 5 nitrogen and oxygen atoms in total. The molecule has 2 N–H and O–H groups in total. The van der Waals surface area contributed by atoms with Gasteiger partial charge in [-0.05, 0) is 6.42 Å². The number of nitrogens with two attached hydrogens (primary N) is 1. The highest BCUT2D eigenvalue weighted by Gasteiger charge is 2.19. The van der Waals surface area contributed by atoms with E-state index in [2.05, 4.69) is 9.97 Å². The Hall–Kier alpha value is -1.49. The Morgan fingerprint density at radius 3 is 2.79 bits per heavy atom. The smallest absolute Gasteiger partial charge is 0.243 e. The second-order valence-electron chi connectivity index (χ2n) is 2.79. The number of methoxy groups -OCH3 is 1. The predicted octanol–water partition coefficient (Wildman–Crippen LogP) is 0.405. The van der Waals surface area contributed by atoms with Crippen molar-refractivity contribution in [1.29, 1.82) is 0 Å². The van der Waals surface area contributed by atoms with Gasteiger partial charge in [0, 0.05) is 12.4 Å². The molecular weight excluding hydrogens is 182 g/mol. The maximum absolute atomic E-state index is 11.6. The van der Waals surface area contributed by atoms with Crippen LogP contribution < -0.4 is 10.5 Å². The Bertz CT molecular complexity index is 328. The van der Waals surface area contributed by atoms with E-state index in [1.807, 2.05) is 6.92 Å². The average molecular weight is 195 g/mol. The number of aromatic nitrogens is 2. The van der Waals surface area contributed by atoms with E-state index in [0.717, 1.165) is 0 Å². The highest BCUT2D eigenvalue weighted by atomic mass is 16.5. The van der Waals surface area contributed by atoms with E-state index in [9.17, 15) is 4.79 Å². The first-order valence-electron chi connectivity index (χ1n) is 4.35. The van der Waals surface area contributed by atoms with Crippen molar-refractivity contribution in [3.8, 4) is 5.88 Å². The predicted molar refractivity (Wildman–Crippen MR) is 51.2 cm³/mol. The van der Waals surface area contributed by atoms with Crippen LogP contribution in [0.2, 0.25) is 0 Å². The van der Waals surface area contributed by atoms with Gasteiger partial charge in [-0.25, -0.2) is 9.97 Å². The van der Waals surface area contributed by atoms with E-state index in [0.29, 0.717) is 6.42 Å². The molecule has 0 spiro atoms. The molecule has 1 aromatic rings. The van der Waals surface area contributed by atoms with Crippen molar-refractivity contribution < 1.29 is 9.53 Å². The third-order valence-corrected chi connectivity index (χ3v) is 1.87. The van der Waals surface area contributed by atoms with Gasteiger partial charge in [0.05, 0.1) is 13.2 Å². The first-order valence-corrected chi connectivity index (χ1v) is 4.35. The Balaban J connectivity index is 3.00. The lowest BCUT2D eigenvalue weighted by molar-refractivity contribution is 0.0950. The fraction of sp³-hybridized carbons (Fsp3) is 0.444. The Labute approximate surface area is 82.3 Å². The van der Waals surface area contributed by atoms with Gasteiger partial charge in [-0.2, -0.15) is 0 Å². The minimum Gasteiger partial charge on any atom is -0.479 e. The fourth-order valence-electron chi connectivity index (χ4n) is 1.00. The maximum atomic E-state index is 11.6. The van der Waals surface area contributed by atoms with Crippen LogP contribution in [-0.4, -0.2) is 28.9 Å². The van der Waals surface area contributed by atoms with Crippen LogP contribution in [0, 0.1) is 0 Å². The van der Waals surface area contributed by atoms with Crippen LogP contribution in [0.5, 0.6) is 5.88 Å². The van der Waals surface area contributed by atoms with Gasteiger partial charge in [-0.3, -0.25) is 4.79 Å². The van der Waals surface area contributed by atoms with Crippen LogP contribution in [0.4, 0.5) is 0 Å². The van der Waals surface area contributed by atoms with Crippen molar-refractivity contribution in [3.05, 3.63) is 18.1 Å². The van der Waals surface area contributed by atoms with E-state index in [-0.39, 0.29) is 17.4 Å². The minimum atomic E-state index is -0.541. The number of hydrogen-bond donors (Lipinski definition) is 1. The first-order chi connectivity index (χ1) is 6.70. The highest BCUT2D eigenvalue weighted by Crippen LogP contribution is 2.12. The molecule has 1 aromatic heterocycles. The van der Waals surface area contributed by atoms with Crippen molar-refractivity contribution in [1.82, 2.24) is 9.97 Å². The first kappa shape index (κ1) is 10.6. The summed E-state index contributed by atoms with van der Waals surface area (Å²) in [5, 5.41) is 0. The van der Waals surface area contributed by atoms with Gasteiger partial charge < -0.3 is 10.5 Å². The maximum Gasteiger partial charge on any atom is 0.243 e. The Morgan fingerprint density at radius 2 is 2.21 bits per heavy atom. The van der Waals surface area contributed by atoms with Crippen LogP contribution >= 0.6 is 0 Å². The second kappa shape index (κ2) is 4.66. The lowest BCUT2D eigenvalue weighted by Crippen LogP contribution is -2.30. The summed E-state index contributed by atoms with van der Waals surface area (Å²) >= 11 is 0. The van der Waals surface area contributed by atoms with Gasteiger partial charge in [0.15, 0.2) is 5.69 Å². The number of Topliss-reactive ketones (excluding diaryl/α,β-unsaturated/α-hetero) is 1. The van der Waals surface area contributed by atoms with Crippen molar-refractivity contribution in [2.24, 2.45) is 5.73 Å². The molecule has 0 aliphatic rings. The lowest BCUT2D eigenvalue weighted by Gasteiger charge is -2.08. The largest absolute Gasteiger partial charge is 0.479 e. The molecule has 5 heteroatoms. The molecule has 0 fully saturated rings. The van der Waals surface area contributed by atoms with Crippen LogP contribution in [0.15, 0.2) is 12.4 Å². The van der Waals surface area contributed by atoms with E-state index in [4.69, 9.17) is 10.5 Å². The number of hydrogen-bond acceptors (Lipinski definition) is 5. The van der Waals surface area contributed by atoms with Crippen LogP contribution in [-0.2, 0) is 0 Å². The molecule has 1 unspecified atom stereocenters. The van der Waals surface area contributed by atoms with Gasteiger partial charge in [-0.1, -0.05) is 6.92 Å². The summed E-state index contributed by atoms with van der Waals surface area (Å²) in [6.07, 6.45) is 3.48. The van der Waals surface area contributed by atoms with E-state index < -0.39 is 6.04 Å². The Kier molecular flexibility index (Phi) is 3.53. The van der Waals surface area contributed by atoms with Crippen molar-refractivity contribution >= 4 is 5.78 Å². The second-order valence-corrected chi connectivity index (χ2v) is 2.79. The summed E-state index contributed by atoms with van der Waals surface area (Å²) < 4.78 is 4.91. The van der Waals surface area contributed by atoms with Crippen molar-refractivity contribution in [3.63, 3.8) is 0 Å². The standard InChI is InChI=1S/C9H13N3O2/c1-3-6(10)8(13)7-9(14-2)12-5-4-11-7/h4-6H,3,10H2,1-2H3. The third-order valence-electron chi connectivity index (χ3n) is 1.87. The van der Waals surface area contributed by atoms with Gasteiger partial charge in [0.2, 0.25) is 11.7 Å². The summed E-state index contributed by atoms with van der Waals surface area (Å²) in [5.74, 6) is -0.0150.